The first-order valence-electron chi connectivity index (χ1n) is 7.90. The van der Waals surface area contributed by atoms with E-state index >= 15 is 0 Å². The minimum Gasteiger partial charge on any atom is -0.463 e. The molecule has 0 aliphatic rings. The lowest BCUT2D eigenvalue weighted by Gasteiger charge is -2.08. The van der Waals surface area contributed by atoms with Crippen LogP contribution in [0.25, 0.3) is 11.5 Å². The SMILES string of the molecule is O=C(NCCCn1nc(-c2ccco2)ccc1=O)c1cc(Cl)ccc1Cl. The average Bonchev–Trinajstić information content (AvgIpc) is 3.16. The van der Waals surface area contributed by atoms with Crippen molar-refractivity contribution in [3.05, 3.63) is 74.7 Å². The molecule has 3 rings (SSSR count). The molecule has 0 bridgehead atoms. The van der Waals surface area contributed by atoms with Crippen LogP contribution in [0, 0.1) is 0 Å². The van der Waals surface area contributed by atoms with Crippen LogP contribution in [0.15, 0.2) is 57.9 Å². The van der Waals surface area contributed by atoms with Crippen molar-refractivity contribution >= 4 is 29.1 Å². The molecule has 0 saturated carbocycles. The number of amides is 1. The number of carbonyl (C=O) groups is 1. The van der Waals surface area contributed by atoms with Crippen molar-refractivity contribution < 1.29 is 9.21 Å². The van der Waals surface area contributed by atoms with Gasteiger partial charge in [0.25, 0.3) is 11.5 Å². The summed E-state index contributed by atoms with van der Waals surface area (Å²) in [6, 6.07) is 11.3. The van der Waals surface area contributed by atoms with E-state index in [4.69, 9.17) is 27.6 Å². The minimum absolute atomic E-state index is 0.218. The highest BCUT2D eigenvalue weighted by atomic mass is 35.5. The van der Waals surface area contributed by atoms with Crippen molar-refractivity contribution in [2.24, 2.45) is 0 Å². The van der Waals surface area contributed by atoms with Crippen LogP contribution in [0.3, 0.4) is 0 Å². The molecule has 6 nitrogen and oxygen atoms in total. The highest BCUT2D eigenvalue weighted by Crippen LogP contribution is 2.20. The van der Waals surface area contributed by atoms with E-state index in [0.717, 1.165) is 0 Å². The van der Waals surface area contributed by atoms with E-state index < -0.39 is 0 Å². The van der Waals surface area contributed by atoms with Gasteiger partial charge in [-0.2, -0.15) is 5.10 Å². The maximum absolute atomic E-state index is 12.2. The molecule has 0 aliphatic carbocycles. The van der Waals surface area contributed by atoms with Crippen LogP contribution >= 0.6 is 23.2 Å². The lowest BCUT2D eigenvalue weighted by Crippen LogP contribution is -2.28. The van der Waals surface area contributed by atoms with Gasteiger partial charge < -0.3 is 9.73 Å². The predicted molar refractivity (Wildman–Crippen MR) is 99.6 cm³/mol. The Hall–Kier alpha value is -2.57. The van der Waals surface area contributed by atoms with Gasteiger partial charge in [-0.1, -0.05) is 23.2 Å². The number of halogens is 2. The summed E-state index contributed by atoms with van der Waals surface area (Å²) < 4.78 is 6.63. The molecule has 0 aliphatic heterocycles. The highest BCUT2D eigenvalue weighted by Gasteiger charge is 2.11. The van der Waals surface area contributed by atoms with Crippen LogP contribution in [0.4, 0.5) is 0 Å². The Bertz CT molecular complexity index is 968. The smallest absolute Gasteiger partial charge is 0.266 e. The van der Waals surface area contributed by atoms with Gasteiger partial charge in [0.05, 0.1) is 16.8 Å². The first-order chi connectivity index (χ1) is 12.5. The third-order valence-corrected chi connectivity index (χ3v) is 4.21. The molecule has 1 amide bonds. The van der Waals surface area contributed by atoms with E-state index in [1.54, 1.807) is 36.6 Å². The van der Waals surface area contributed by atoms with Crippen molar-refractivity contribution in [3.63, 3.8) is 0 Å². The third-order valence-electron chi connectivity index (χ3n) is 3.65. The normalized spacial score (nSPS) is 10.7. The van der Waals surface area contributed by atoms with E-state index in [2.05, 4.69) is 10.4 Å². The monoisotopic (exact) mass is 391 g/mol. The second-order valence-corrected chi connectivity index (χ2v) is 6.33. The Balaban J connectivity index is 1.58. The fraction of sp³-hybridized carbons (Fsp3) is 0.167. The number of nitrogens with one attached hydrogen (secondary N) is 1. The third kappa shape index (κ3) is 4.33. The zero-order valence-corrected chi connectivity index (χ0v) is 15.1. The molecule has 0 fully saturated rings. The Kier molecular flexibility index (Phi) is 5.75. The summed E-state index contributed by atoms with van der Waals surface area (Å²) in [5.74, 6) is 0.268. The van der Waals surface area contributed by atoms with Gasteiger partial charge in [-0.3, -0.25) is 9.59 Å². The van der Waals surface area contributed by atoms with Gasteiger partial charge in [-0.25, -0.2) is 4.68 Å². The lowest BCUT2D eigenvalue weighted by atomic mass is 10.2. The Morgan fingerprint density at radius 1 is 1.19 bits per heavy atom. The first-order valence-corrected chi connectivity index (χ1v) is 8.65. The van der Waals surface area contributed by atoms with Crippen LogP contribution in [-0.4, -0.2) is 22.2 Å². The topological polar surface area (TPSA) is 77.1 Å². The molecular formula is C18H15Cl2N3O3. The van der Waals surface area contributed by atoms with Crippen molar-refractivity contribution in [2.75, 3.05) is 6.54 Å². The maximum Gasteiger partial charge on any atom is 0.266 e. The number of hydrogen-bond donors (Lipinski definition) is 1. The molecule has 2 heterocycles. The Morgan fingerprint density at radius 3 is 2.81 bits per heavy atom. The number of rotatable bonds is 6. The molecule has 0 atom stereocenters. The predicted octanol–water partition coefficient (Wildman–Crippen LogP) is 3.63. The number of carbonyl (C=O) groups excluding carboxylic acids is 1. The average molecular weight is 392 g/mol. The number of furan rings is 1. The molecule has 1 N–H and O–H groups in total. The largest absolute Gasteiger partial charge is 0.463 e. The molecule has 8 heteroatoms. The standard InChI is InChI=1S/C18H15Cl2N3O3/c19-12-4-5-14(20)13(11-12)18(25)21-8-2-9-23-17(24)7-6-15(22-23)16-3-1-10-26-16/h1,3-7,10-11H,2,8-9H2,(H,21,25). The fourth-order valence-electron chi connectivity index (χ4n) is 2.36. The first kappa shape index (κ1) is 18.2. The summed E-state index contributed by atoms with van der Waals surface area (Å²) in [5.41, 5.74) is 0.670. The zero-order chi connectivity index (χ0) is 18.5. The van der Waals surface area contributed by atoms with Crippen molar-refractivity contribution in [1.29, 1.82) is 0 Å². The summed E-state index contributed by atoms with van der Waals surface area (Å²) in [7, 11) is 0. The Morgan fingerprint density at radius 2 is 2.04 bits per heavy atom. The summed E-state index contributed by atoms with van der Waals surface area (Å²) in [6.07, 6.45) is 2.07. The van der Waals surface area contributed by atoms with Gasteiger partial charge in [-0.05, 0) is 42.8 Å². The number of aryl methyl sites for hydroxylation is 1. The fourth-order valence-corrected chi connectivity index (χ4v) is 2.74. The highest BCUT2D eigenvalue weighted by molar-refractivity contribution is 6.35. The molecule has 0 unspecified atom stereocenters. The lowest BCUT2D eigenvalue weighted by molar-refractivity contribution is 0.0952. The van der Waals surface area contributed by atoms with Gasteiger partial charge in [0.15, 0.2) is 5.76 Å². The quantitative estimate of drug-likeness (QED) is 0.650. The van der Waals surface area contributed by atoms with Gasteiger partial charge in [-0.15, -0.1) is 0 Å². The van der Waals surface area contributed by atoms with Crippen LogP contribution in [0.5, 0.6) is 0 Å². The number of nitrogens with zero attached hydrogens (tertiary/aromatic N) is 2. The van der Waals surface area contributed by atoms with Crippen LogP contribution in [-0.2, 0) is 6.54 Å². The van der Waals surface area contributed by atoms with Gasteiger partial charge in [0.1, 0.15) is 5.69 Å². The van der Waals surface area contributed by atoms with E-state index in [1.165, 1.54) is 16.8 Å². The van der Waals surface area contributed by atoms with Crippen molar-refractivity contribution in [3.8, 4) is 11.5 Å². The summed E-state index contributed by atoms with van der Waals surface area (Å²) in [6.45, 7) is 0.720. The van der Waals surface area contributed by atoms with Crippen LogP contribution in [0.1, 0.15) is 16.8 Å². The molecule has 26 heavy (non-hydrogen) atoms. The second kappa shape index (κ2) is 8.21. The molecule has 134 valence electrons. The van der Waals surface area contributed by atoms with E-state index in [-0.39, 0.29) is 11.5 Å². The van der Waals surface area contributed by atoms with Crippen molar-refractivity contribution in [1.82, 2.24) is 15.1 Å². The molecule has 3 aromatic rings. The minimum atomic E-state index is -0.317. The second-order valence-electron chi connectivity index (χ2n) is 5.49. The van der Waals surface area contributed by atoms with E-state index in [1.807, 2.05) is 0 Å². The molecule has 2 aromatic heterocycles. The van der Waals surface area contributed by atoms with Crippen molar-refractivity contribution in [2.45, 2.75) is 13.0 Å². The molecule has 0 saturated heterocycles. The number of aromatic nitrogens is 2. The van der Waals surface area contributed by atoms with Crippen LogP contribution in [0.2, 0.25) is 10.0 Å². The number of benzene rings is 1. The summed E-state index contributed by atoms with van der Waals surface area (Å²) in [5, 5.41) is 7.79. The molecule has 0 spiro atoms. The van der Waals surface area contributed by atoms with Crippen LogP contribution < -0.4 is 10.9 Å². The van der Waals surface area contributed by atoms with E-state index in [9.17, 15) is 9.59 Å². The maximum atomic E-state index is 12.2. The number of hydrogen-bond acceptors (Lipinski definition) is 4. The zero-order valence-electron chi connectivity index (χ0n) is 13.6. The molecular weight excluding hydrogens is 377 g/mol. The molecule has 1 aromatic carbocycles. The summed E-state index contributed by atoms with van der Waals surface area (Å²) >= 11 is 11.9. The summed E-state index contributed by atoms with van der Waals surface area (Å²) in [4.78, 5) is 24.1. The molecule has 0 radical (unpaired) electrons. The van der Waals surface area contributed by atoms with E-state index in [0.29, 0.717) is 46.6 Å². The van der Waals surface area contributed by atoms with Gasteiger partial charge >= 0.3 is 0 Å². The van der Waals surface area contributed by atoms with Gasteiger partial charge in [0, 0.05) is 24.2 Å². The Labute approximate surface area is 159 Å². The van der Waals surface area contributed by atoms with Gasteiger partial charge in [0.2, 0.25) is 0 Å².